The van der Waals surface area contributed by atoms with E-state index in [1.165, 1.54) is 17.4 Å². The van der Waals surface area contributed by atoms with Gasteiger partial charge in [-0.3, -0.25) is 4.79 Å². The van der Waals surface area contributed by atoms with Crippen LogP contribution in [0.25, 0.3) is 11.5 Å². The van der Waals surface area contributed by atoms with Crippen molar-refractivity contribution in [1.82, 2.24) is 29.9 Å². The predicted molar refractivity (Wildman–Crippen MR) is 198 cm³/mol. The molecule has 0 unspecified atom stereocenters. The Labute approximate surface area is 304 Å². The minimum absolute atomic E-state index is 0.0207. The van der Waals surface area contributed by atoms with E-state index in [1.54, 1.807) is 7.11 Å². The maximum atomic E-state index is 12.4. The molecule has 4 aliphatic rings. The maximum absolute atomic E-state index is 12.4. The number of piperidine rings is 1. The highest BCUT2D eigenvalue weighted by molar-refractivity contribution is 7.16. The number of hydrogen-bond donors (Lipinski definition) is 1. The lowest BCUT2D eigenvalue weighted by Gasteiger charge is -2.40. The summed E-state index contributed by atoms with van der Waals surface area (Å²) in [6.45, 7) is 15.8. The molecule has 3 saturated heterocycles. The van der Waals surface area contributed by atoms with Gasteiger partial charge in [0.2, 0.25) is 23.6 Å². The average molecular weight is 715 g/mol. The van der Waals surface area contributed by atoms with E-state index < -0.39 is 5.41 Å². The van der Waals surface area contributed by atoms with Gasteiger partial charge in [-0.25, -0.2) is 4.98 Å². The van der Waals surface area contributed by atoms with Crippen molar-refractivity contribution in [3.8, 4) is 17.6 Å². The van der Waals surface area contributed by atoms with Crippen LogP contribution in [0, 0.1) is 16.7 Å². The normalized spacial score (nSPS) is 23.6. The van der Waals surface area contributed by atoms with Crippen molar-refractivity contribution in [2.45, 2.75) is 76.7 Å². The number of likely N-dealkylation sites (tertiary alicyclic amines) is 1. The standard InChI is InChI=1S/C37H50N10O3S/c1-5-30(48)46-19-13-37(24-46)11-17-45(18-12-37)29-21-27(40-35(41-29)47-16-7-14-44(23-25(47)2)15-8-20-49-4)33-42-34(50-43-33)36(3)10-6-9-28-31(36)26(22-38)32(39)51-28/h5,21,25H,1,6-20,23-24,39H2,2-4H3/t25-,36-/m0/s1. The van der Waals surface area contributed by atoms with Gasteiger partial charge in [-0.15, -0.1) is 11.3 Å². The monoisotopic (exact) mass is 714 g/mol. The third kappa shape index (κ3) is 6.83. The molecule has 3 aromatic rings. The fourth-order valence-corrected chi connectivity index (χ4v) is 9.93. The molecule has 2 N–H and O–H groups in total. The summed E-state index contributed by atoms with van der Waals surface area (Å²) >= 11 is 1.49. The number of carbonyl (C=O) groups is 1. The Balaban J connectivity index is 1.20. The lowest BCUT2D eigenvalue weighted by atomic mass is 9.72. The number of nitrogens with zero attached hydrogens (tertiary/aromatic N) is 9. The molecule has 3 fully saturated rings. The van der Waals surface area contributed by atoms with Crippen molar-refractivity contribution >= 4 is 34.0 Å². The number of hydrogen-bond acceptors (Lipinski definition) is 13. The van der Waals surface area contributed by atoms with Crippen LogP contribution in [-0.4, -0.2) is 108 Å². The molecule has 1 spiro atoms. The summed E-state index contributed by atoms with van der Waals surface area (Å²) in [4.78, 5) is 38.0. The van der Waals surface area contributed by atoms with Crippen molar-refractivity contribution in [2.75, 3.05) is 81.6 Å². The second kappa shape index (κ2) is 14.5. The van der Waals surface area contributed by atoms with Crippen LogP contribution in [0.1, 0.15) is 80.7 Å². The molecule has 1 amide bonds. The average Bonchev–Trinajstić information content (AvgIpc) is 3.85. The summed E-state index contributed by atoms with van der Waals surface area (Å²) in [6.07, 6.45) is 9.03. The summed E-state index contributed by atoms with van der Waals surface area (Å²) in [5, 5.41) is 15.1. The van der Waals surface area contributed by atoms with Crippen molar-refractivity contribution in [3.63, 3.8) is 0 Å². The molecule has 3 aliphatic heterocycles. The van der Waals surface area contributed by atoms with Gasteiger partial charge in [-0.05, 0) is 83.2 Å². The Kier molecular flexibility index (Phi) is 10.1. The van der Waals surface area contributed by atoms with E-state index in [0.717, 1.165) is 127 Å². The van der Waals surface area contributed by atoms with Crippen LogP contribution in [0.3, 0.4) is 0 Å². The third-order valence-corrected chi connectivity index (χ3v) is 12.7. The highest BCUT2D eigenvalue weighted by Crippen LogP contribution is 2.49. The fourth-order valence-electron chi connectivity index (χ4n) is 8.74. The number of fused-ring (bicyclic) bond motifs is 1. The van der Waals surface area contributed by atoms with Gasteiger partial charge in [-0.2, -0.15) is 15.2 Å². The molecule has 0 saturated carbocycles. The molecule has 3 aromatic heterocycles. The number of nitriles is 1. The van der Waals surface area contributed by atoms with E-state index in [-0.39, 0.29) is 17.4 Å². The van der Waals surface area contributed by atoms with Crippen LogP contribution in [0.15, 0.2) is 23.2 Å². The number of nitrogens with two attached hydrogens (primary N) is 1. The molecule has 6 heterocycles. The van der Waals surface area contributed by atoms with Crippen LogP contribution < -0.4 is 15.5 Å². The van der Waals surface area contributed by atoms with Crippen LogP contribution in [0.4, 0.5) is 16.8 Å². The Morgan fingerprint density at radius 2 is 1.98 bits per heavy atom. The number of thiophene rings is 1. The lowest BCUT2D eigenvalue weighted by Crippen LogP contribution is -2.43. The summed E-state index contributed by atoms with van der Waals surface area (Å²) in [5.74, 6) is 2.44. The second-order valence-corrected chi connectivity index (χ2v) is 16.2. The number of rotatable bonds is 9. The van der Waals surface area contributed by atoms with Gasteiger partial charge in [-0.1, -0.05) is 11.7 Å². The number of ether oxygens (including phenoxy) is 1. The number of methoxy groups -OCH3 is 1. The van der Waals surface area contributed by atoms with Crippen molar-refractivity contribution < 1.29 is 14.1 Å². The van der Waals surface area contributed by atoms with Crippen LogP contribution in [0.2, 0.25) is 0 Å². The molecule has 14 heteroatoms. The van der Waals surface area contributed by atoms with Crippen molar-refractivity contribution in [3.05, 3.63) is 40.6 Å². The van der Waals surface area contributed by atoms with E-state index >= 15 is 0 Å². The summed E-state index contributed by atoms with van der Waals surface area (Å²) in [5.41, 5.74) is 7.88. The molecule has 1 aliphatic carbocycles. The Bertz CT molecular complexity index is 1790. The number of aromatic nitrogens is 4. The largest absolute Gasteiger partial charge is 0.389 e. The van der Waals surface area contributed by atoms with Gasteiger partial charge in [0.1, 0.15) is 22.6 Å². The van der Waals surface area contributed by atoms with E-state index in [2.05, 4.69) is 46.4 Å². The molecule has 272 valence electrons. The number of nitrogen functional groups attached to an aromatic ring is 1. The van der Waals surface area contributed by atoms with Gasteiger partial charge >= 0.3 is 0 Å². The zero-order chi connectivity index (χ0) is 35.8. The molecule has 0 radical (unpaired) electrons. The zero-order valence-electron chi connectivity index (χ0n) is 30.2. The number of carbonyl (C=O) groups excluding carboxylic acids is 1. The van der Waals surface area contributed by atoms with E-state index in [9.17, 15) is 10.1 Å². The predicted octanol–water partition coefficient (Wildman–Crippen LogP) is 4.63. The zero-order valence-corrected chi connectivity index (χ0v) is 31.0. The molecular formula is C37H50N10O3S. The van der Waals surface area contributed by atoms with E-state index in [4.69, 9.17) is 29.9 Å². The van der Waals surface area contributed by atoms with Gasteiger partial charge < -0.3 is 34.6 Å². The first kappa shape index (κ1) is 35.3. The van der Waals surface area contributed by atoms with Crippen LogP contribution in [0.5, 0.6) is 0 Å². The molecular weight excluding hydrogens is 665 g/mol. The fraction of sp³-hybridized carbons (Fsp3) is 0.622. The van der Waals surface area contributed by atoms with Crippen molar-refractivity contribution in [1.29, 1.82) is 5.26 Å². The molecule has 7 rings (SSSR count). The highest BCUT2D eigenvalue weighted by Gasteiger charge is 2.44. The third-order valence-electron chi connectivity index (χ3n) is 11.7. The highest BCUT2D eigenvalue weighted by atomic mass is 32.1. The molecule has 0 bridgehead atoms. The first-order valence-electron chi connectivity index (χ1n) is 18.4. The summed E-state index contributed by atoms with van der Waals surface area (Å²) in [6, 6.07) is 4.53. The Morgan fingerprint density at radius 3 is 2.75 bits per heavy atom. The topological polar surface area (TPSA) is 154 Å². The number of amides is 1. The van der Waals surface area contributed by atoms with Crippen molar-refractivity contribution in [2.24, 2.45) is 5.41 Å². The minimum atomic E-state index is -0.619. The van der Waals surface area contributed by atoms with Gasteiger partial charge in [0.05, 0.1) is 11.0 Å². The summed E-state index contributed by atoms with van der Waals surface area (Å²) in [7, 11) is 1.75. The van der Waals surface area contributed by atoms with Crippen LogP contribution in [-0.2, 0) is 21.4 Å². The van der Waals surface area contributed by atoms with Gasteiger partial charge in [0.15, 0.2) is 0 Å². The molecule has 51 heavy (non-hydrogen) atoms. The maximum Gasteiger partial charge on any atom is 0.245 e. The van der Waals surface area contributed by atoms with Gasteiger partial charge in [0, 0.05) is 82.1 Å². The van der Waals surface area contributed by atoms with E-state index in [1.807, 2.05) is 11.0 Å². The first-order chi connectivity index (χ1) is 24.7. The SMILES string of the molecule is C=CC(=O)N1CCC2(CCN(c3cc(-c4noc([C@@]5(C)CCCc6sc(N)c(C#N)c65)n4)nc(N4CCCN(CCCOC)C[C@@H]4C)n3)CC2)C1. The quantitative estimate of drug-likeness (QED) is 0.243. The summed E-state index contributed by atoms with van der Waals surface area (Å²) < 4.78 is 11.4. The molecule has 13 nitrogen and oxygen atoms in total. The van der Waals surface area contributed by atoms with E-state index in [0.29, 0.717) is 33.9 Å². The Morgan fingerprint density at radius 1 is 1.18 bits per heavy atom. The smallest absolute Gasteiger partial charge is 0.245 e. The number of aryl methyl sites for hydroxylation is 1. The molecule has 2 atom stereocenters. The second-order valence-electron chi connectivity index (χ2n) is 15.0. The lowest BCUT2D eigenvalue weighted by molar-refractivity contribution is -0.125. The van der Waals surface area contributed by atoms with Crippen LogP contribution >= 0.6 is 11.3 Å². The minimum Gasteiger partial charge on any atom is -0.389 e. The Hall–Kier alpha value is -4.06. The molecule has 0 aromatic carbocycles. The van der Waals surface area contributed by atoms with Gasteiger partial charge in [0.25, 0.3) is 0 Å². The number of anilines is 3. The first-order valence-corrected chi connectivity index (χ1v) is 19.2.